The van der Waals surface area contributed by atoms with Crippen molar-refractivity contribution in [1.82, 2.24) is 10.2 Å². The lowest BCUT2D eigenvalue weighted by atomic mass is 9.90. The van der Waals surface area contributed by atoms with Crippen molar-refractivity contribution in [3.8, 4) is 0 Å². The third-order valence-electron chi connectivity index (χ3n) is 6.27. The van der Waals surface area contributed by atoms with Crippen molar-refractivity contribution >= 4 is 34.4 Å². The first kappa shape index (κ1) is 24.8. The van der Waals surface area contributed by atoms with Crippen molar-refractivity contribution in [3.63, 3.8) is 0 Å². The number of rotatable bonds is 11. The van der Waals surface area contributed by atoms with Gasteiger partial charge in [-0.25, -0.2) is 0 Å². The molecule has 0 spiro atoms. The first-order valence-corrected chi connectivity index (χ1v) is 12.2. The SMILES string of the molecule is CC(C)N(C(=O)CCCCCCNc1ccc2occ(C3CCC(=O)NC3=O)c2c1)C(C)C. The number of furan rings is 1. The number of amides is 3. The van der Waals surface area contributed by atoms with Crippen LogP contribution in [0.25, 0.3) is 11.0 Å². The molecule has 1 aliphatic heterocycles. The average Bonchev–Trinajstić information content (AvgIpc) is 3.15. The number of fused-ring (bicyclic) bond motifs is 1. The van der Waals surface area contributed by atoms with Crippen LogP contribution < -0.4 is 10.6 Å². The van der Waals surface area contributed by atoms with Crippen LogP contribution in [0.15, 0.2) is 28.9 Å². The molecule has 0 saturated carbocycles. The van der Waals surface area contributed by atoms with Crippen LogP contribution in [0.4, 0.5) is 5.69 Å². The van der Waals surface area contributed by atoms with Crippen LogP contribution in [-0.2, 0) is 14.4 Å². The van der Waals surface area contributed by atoms with E-state index in [0.29, 0.717) is 19.3 Å². The molecular formula is C26H37N3O4. The number of carbonyl (C=O) groups is 3. The normalized spacial score (nSPS) is 16.5. The van der Waals surface area contributed by atoms with E-state index in [9.17, 15) is 14.4 Å². The Morgan fingerprint density at radius 1 is 1.12 bits per heavy atom. The minimum absolute atomic E-state index is 0.215. The largest absolute Gasteiger partial charge is 0.464 e. The van der Waals surface area contributed by atoms with Gasteiger partial charge < -0.3 is 14.6 Å². The molecule has 0 radical (unpaired) electrons. The minimum Gasteiger partial charge on any atom is -0.464 e. The maximum absolute atomic E-state index is 12.4. The van der Waals surface area contributed by atoms with Crippen LogP contribution in [0.2, 0.25) is 0 Å². The number of nitrogens with one attached hydrogen (secondary N) is 2. The van der Waals surface area contributed by atoms with E-state index >= 15 is 0 Å². The Hall–Kier alpha value is -2.83. The molecule has 1 unspecified atom stereocenters. The number of piperidine rings is 1. The molecule has 2 aromatic rings. The molecule has 0 bridgehead atoms. The van der Waals surface area contributed by atoms with Crippen molar-refractivity contribution in [1.29, 1.82) is 0 Å². The molecule has 1 aromatic heterocycles. The van der Waals surface area contributed by atoms with E-state index in [0.717, 1.165) is 54.4 Å². The Morgan fingerprint density at radius 3 is 2.55 bits per heavy atom. The average molecular weight is 456 g/mol. The van der Waals surface area contributed by atoms with E-state index in [2.05, 4.69) is 38.3 Å². The summed E-state index contributed by atoms with van der Waals surface area (Å²) in [6.07, 6.45) is 7.16. The maximum atomic E-state index is 12.4. The fraction of sp³-hybridized carbons (Fsp3) is 0.577. The van der Waals surface area contributed by atoms with Gasteiger partial charge in [-0.1, -0.05) is 12.8 Å². The first-order valence-electron chi connectivity index (χ1n) is 12.2. The van der Waals surface area contributed by atoms with Gasteiger partial charge in [0, 0.05) is 48.1 Å². The summed E-state index contributed by atoms with van der Waals surface area (Å²) in [4.78, 5) is 38.1. The number of carbonyl (C=O) groups excluding carboxylic acids is 3. The molecule has 7 nitrogen and oxygen atoms in total. The molecule has 33 heavy (non-hydrogen) atoms. The second-order valence-corrected chi connectivity index (χ2v) is 9.49. The number of unbranched alkanes of at least 4 members (excludes halogenated alkanes) is 3. The summed E-state index contributed by atoms with van der Waals surface area (Å²) in [5.74, 6) is -0.578. The van der Waals surface area contributed by atoms with E-state index in [4.69, 9.17) is 4.42 Å². The van der Waals surface area contributed by atoms with E-state index in [1.807, 2.05) is 23.1 Å². The third-order valence-corrected chi connectivity index (χ3v) is 6.27. The monoisotopic (exact) mass is 455 g/mol. The quantitative estimate of drug-likeness (QED) is 0.369. The Bertz CT molecular complexity index is 971. The highest BCUT2D eigenvalue weighted by molar-refractivity contribution is 6.03. The number of hydrogen-bond acceptors (Lipinski definition) is 5. The zero-order chi connectivity index (χ0) is 24.0. The molecule has 3 rings (SSSR count). The maximum Gasteiger partial charge on any atom is 0.234 e. The summed E-state index contributed by atoms with van der Waals surface area (Å²) in [5, 5.41) is 6.78. The molecule has 1 atom stereocenters. The van der Waals surface area contributed by atoms with Crippen molar-refractivity contribution in [2.45, 2.75) is 90.6 Å². The summed E-state index contributed by atoms with van der Waals surface area (Å²) in [5.41, 5.74) is 2.55. The number of anilines is 1. The van der Waals surface area contributed by atoms with E-state index in [1.165, 1.54) is 0 Å². The molecule has 180 valence electrons. The molecule has 1 aromatic carbocycles. The van der Waals surface area contributed by atoms with Gasteiger partial charge in [0.25, 0.3) is 0 Å². The number of hydrogen-bond donors (Lipinski definition) is 2. The summed E-state index contributed by atoms with van der Waals surface area (Å²) < 4.78 is 5.64. The minimum atomic E-state index is -0.357. The Morgan fingerprint density at radius 2 is 1.85 bits per heavy atom. The zero-order valence-electron chi connectivity index (χ0n) is 20.3. The highest BCUT2D eigenvalue weighted by Crippen LogP contribution is 2.33. The van der Waals surface area contributed by atoms with Gasteiger partial charge in [-0.3, -0.25) is 19.7 Å². The van der Waals surface area contributed by atoms with Gasteiger partial charge in [-0.2, -0.15) is 0 Å². The van der Waals surface area contributed by atoms with Gasteiger partial charge in [-0.05, 0) is 65.2 Å². The number of benzene rings is 1. The fourth-order valence-corrected chi connectivity index (χ4v) is 4.71. The van der Waals surface area contributed by atoms with Gasteiger partial charge in [-0.15, -0.1) is 0 Å². The van der Waals surface area contributed by atoms with Crippen LogP contribution in [0.5, 0.6) is 0 Å². The van der Waals surface area contributed by atoms with Crippen LogP contribution in [0.1, 0.15) is 84.1 Å². The number of nitrogens with zero attached hydrogens (tertiary/aromatic N) is 1. The number of imide groups is 1. The topological polar surface area (TPSA) is 91.7 Å². The molecule has 1 fully saturated rings. The van der Waals surface area contributed by atoms with E-state index in [1.54, 1.807) is 6.26 Å². The molecular weight excluding hydrogens is 418 g/mol. The van der Waals surface area contributed by atoms with Crippen molar-refractivity contribution in [3.05, 3.63) is 30.0 Å². The van der Waals surface area contributed by atoms with Gasteiger partial charge in [0.1, 0.15) is 5.58 Å². The molecule has 1 aliphatic rings. The third kappa shape index (κ3) is 6.36. The molecule has 2 N–H and O–H groups in total. The second-order valence-electron chi connectivity index (χ2n) is 9.49. The van der Waals surface area contributed by atoms with Gasteiger partial charge >= 0.3 is 0 Å². The smallest absolute Gasteiger partial charge is 0.234 e. The Labute approximate surface area is 196 Å². The molecule has 3 amide bonds. The first-order chi connectivity index (χ1) is 15.8. The van der Waals surface area contributed by atoms with Crippen molar-refractivity contribution in [2.75, 3.05) is 11.9 Å². The Kier molecular flexibility index (Phi) is 8.53. The second kappa shape index (κ2) is 11.3. The predicted molar refractivity (Wildman–Crippen MR) is 130 cm³/mol. The lowest BCUT2D eigenvalue weighted by molar-refractivity contribution is -0.135. The van der Waals surface area contributed by atoms with Gasteiger partial charge in [0.05, 0.1) is 12.2 Å². The highest BCUT2D eigenvalue weighted by Gasteiger charge is 2.30. The van der Waals surface area contributed by atoms with Crippen LogP contribution >= 0.6 is 0 Å². The molecule has 2 heterocycles. The van der Waals surface area contributed by atoms with Crippen LogP contribution in [-0.4, -0.2) is 41.2 Å². The van der Waals surface area contributed by atoms with Crippen molar-refractivity contribution in [2.24, 2.45) is 0 Å². The van der Waals surface area contributed by atoms with Crippen LogP contribution in [0.3, 0.4) is 0 Å². The predicted octanol–water partition coefficient (Wildman–Crippen LogP) is 4.96. The highest BCUT2D eigenvalue weighted by atomic mass is 16.3. The molecule has 1 saturated heterocycles. The fourth-order valence-electron chi connectivity index (χ4n) is 4.71. The van der Waals surface area contributed by atoms with Crippen molar-refractivity contribution < 1.29 is 18.8 Å². The lowest BCUT2D eigenvalue weighted by Gasteiger charge is -2.30. The van der Waals surface area contributed by atoms with E-state index in [-0.39, 0.29) is 35.7 Å². The summed E-state index contributed by atoms with van der Waals surface area (Å²) in [7, 11) is 0. The summed E-state index contributed by atoms with van der Waals surface area (Å²) in [6, 6.07) is 6.39. The lowest BCUT2D eigenvalue weighted by Crippen LogP contribution is -2.41. The summed E-state index contributed by atoms with van der Waals surface area (Å²) >= 11 is 0. The van der Waals surface area contributed by atoms with Gasteiger partial charge in [0.2, 0.25) is 17.7 Å². The standard InChI is InChI=1S/C26H37N3O4/c1-17(2)29(18(3)4)25(31)9-7-5-6-8-14-27-19-10-12-23-21(15-19)22(16-33-23)20-11-13-24(30)28-26(20)32/h10,12,15-18,20,27H,5-9,11,13-14H2,1-4H3,(H,28,30,32). The summed E-state index contributed by atoms with van der Waals surface area (Å²) in [6.45, 7) is 9.11. The van der Waals surface area contributed by atoms with Gasteiger partial charge in [0.15, 0.2) is 0 Å². The zero-order valence-corrected chi connectivity index (χ0v) is 20.3. The van der Waals surface area contributed by atoms with E-state index < -0.39 is 0 Å². The molecule has 0 aliphatic carbocycles. The van der Waals surface area contributed by atoms with Crippen LogP contribution in [0, 0.1) is 0 Å². The Balaban J connectivity index is 1.44. The molecule has 7 heteroatoms.